The fourth-order valence-electron chi connectivity index (χ4n) is 4.47. The molecule has 0 bridgehead atoms. The lowest BCUT2D eigenvalue weighted by Crippen LogP contribution is -2.63. The fraction of sp³-hybridized carbons (Fsp3) is 0.667. The van der Waals surface area contributed by atoms with Crippen molar-refractivity contribution in [2.24, 2.45) is 0 Å². The van der Waals surface area contributed by atoms with E-state index in [0.29, 0.717) is 5.54 Å². The molecule has 1 unspecified atom stereocenters. The highest BCUT2D eigenvalue weighted by Crippen LogP contribution is 2.40. The molecule has 3 heteroatoms. The molecule has 3 aliphatic rings. The molecular weight excluding hydrogens is 276 g/mol. The van der Waals surface area contributed by atoms with Gasteiger partial charge in [0, 0.05) is 41.9 Å². The zero-order chi connectivity index (χ0) is 14.1. The smallest absolute Gasteiger partial charge is 0.0334 e. The lowest BCUT2D eigenvalue weighted by atomic mass is 9.79. The maximum Gasteiger partial charge on any atom is 0.0334 e. The van der Waals surface area contributed by atoms with Crippen LogP contribution >= 0.6 is 11.8 Å². The normalized spacial score (nSPS) is 28.7. The predicted molar refractivity (Wildman–Crippen MR) is 90.0 cm³/mol. The molecule has 0 radical (unpaired) electrons. The molecule has 0 amide bonds. The molecule has 2 fully saturated rings. The van der Waals surface area contributed by atoms with Crippen molar-refractivity contribution in [3.05, 3.63) is 29.8 Å². The molecule has 1 aliphatic carbocycles. The van der Waals surface area contributed by atoms with E-state index in [0.717, 1.165) is 5.25 Å². The Balaban J connectivity index is 1.46. The topological polar surface area (TPSA) is 15.3 Å². The molecular formula is C18H26N2S. The first-order valence-electron chi connectivity index (χ1n) is 8.56. The molecule has 1 spiro atoms. The molecule has 1 saturated heterocycles. The zero-order valence-corrected chi connectivity index (χ0v) is 13.6. The molecule has 1 aromatic carbocycles. The Kier molecular flexibility index (Phi) is 3.99. The van der Waals surface area contributed by atoms with Crippen molar-refractivity contribution in [3.63, 3.8) is 0 Å². The molecule has 1 saturated carbocycles. The van der Waals surface area contributed by atoms with Crippen LogP contribution in [0.3, 0.4) is 0 Å². The second-order valence-electron chi connectivity index (χ2n) is 6.96. The largest absolute Gasteiger partial charge is 0.314 e. The number of fused-ring (bicyclic) bond motifs is 1. The maximum absolute atomic E-state index is 3.67. The highest BCUT2D eigenvalue weighted by atomic mass is 32.2. The molecule has 1 N–H and O–H groups in total. The van der Waals surface area contributed by atoms with Crippen molar-refractivity contribution >= 4 is 11.8 Å². The maximum atomic E-state index is 3.67. The van der Waals surface area contributed by atoms with Crippen LogP contribution in [0.15, 0.2) is 29.2 Å². The van der Waals surface area contributed by atoms with Crippen LogP contribution in [0.1, 0.15) is 37.7 Å². The summed E-state index contributed by atoms with van der Waals surface area (Å²) in [5.74, 6) is 0. The molecule has 1 atom stereocenters. The minimum atomic E-state index is 0.478. The van der Waals surface area contributed by atoms with Crippen LogP contribution in [0.25, 0.3) is 0 Å². The van der Waals surface area contributed by atoms with Gasteiger partial charge in [0.25, 0.3) is 0 Å². The zero-order valence-electron chi connectivity index (χ0n) is 12.8. The number of hydrogen-bond donors (Lipinski definition) is 1. The van der Waals surface area contributed by atoms with Gasteiger partial charge >= 0.3 is 0 Å². The van der Waals surface area contributed by atoms with Gasteiger partial charge in [0.15, 0.2) is 0 Å². The van der Waals surface area contributed by atoms with Crippen LogP contribution in [-0.4, -0.2) is 41.9 Å². The van der Waals surface area contributed by atoms with Crippen LogP contribution in [0.4, 0.5) is 0 Å². The average Bonchev–Trinajstić information content (AvgIpc) is 2.93. The van der Waals surface area contributed by atoms with Gasteiger partial charge < -0.3 is 5.32 Å². The SMILES string of the molecule is c1ccc2c(c1)CC(CN1CCNCC13CCCCC3)S2. The minimum Gasteiger partial charge on any atom is -0.314 e. The standard InChI is InChI=1S/C18H26N2S/c1-4-8-18(9-5-1)14-19-10-11-20(18)13-16-12-15-6-2-3-7-17(15)21-16/h2-3,6-7,16,19H,1,4-5,8-14H2. The summed E-state index contributed by atoms with van der Waals surface area (Å²) in [5, 5.41) is 4.43. The number of piperazine rings is 1. The van der Waals surface area contributed by atoms with E-state index < -0.39 is 0 Å². The van der Waals surface area contributed by atoms with Crippen molar-refractivity contribution in [1.29, 1.82) is 0 Å². The van der Waals surface area contributed by atoms with E-state index in [1.807, 2.05) is 0 Å². The highest BCUT2D eigenvalue weighted by molar-refractivity contribution is 8.00. The van der Waals surface area contributed by atoms with Gasteiger partial charge in [0.05, 0.1) is 0 Å². The third-order valence-electron chi connectivity index (χ3n) is 5.61. The molecule has 2 heterocycles. The molecule has 1 aromatic rings. The Bertz CT molecular complexity index is 462. The van der Waals surface area contributed by atoms with Crippen LogP contribution in [0.2, 0.25) is 0 Å². The number of nitrogens with one attached hydrogen (secondary N) is 1. The third kappa shape index (κ3) is 2.76. The van der Waals surface area contributed by atoms with Gasteiger partial charge in [-0.15, -0.1) is 11.8 Å². The van der Waals surface area contributed by atoms with Gasteiger partial charge in [-0.1, -0.05) is 37.5 Å². The van der Waals surface area contributed by atoms with Gasteiger partial charge in [-0.3, -0.25) is 4.90 Å². The van der Waals surface area contributed by atoms with Crippen molar-refractivity contribution in [3.8, 4) is 0 Å². The van der Waals surface area contributed by atoms with E-state index >= 15 is 0 Å². The van der Waals surface area contributed by atoms with Crippen LogP contribution in [-0.2, 0) is 6.42 Å². The molecule has 114 valence electrons. The monoisotopic (exact) mass is 302 g/mol. The summed E-state index contributed by atoms with van der Waals surface area (Å²) in [6.45, 7) is 4.91. The lowest BCUT2D eigenvalue weighted by molar-refractivity contribution is 0.0283. The second kappa shape index (κ2) is 5.94. The van der Waals surface area contributed by atoms with E-state index in [1.54, 1.807) is 5.56 Å². The van der Waals surface area contributed by atoms with E-state index in [-0.39, 0.29) is 0 Å². The van der Waals surface area contributed by atoms with E-state index in [9.17, 15) is 0 Å². The molecule has 0 aromatic heterocycles. The Morgan fingerprint density at radius 3 is 2.90 bits per heavy atom. The number of benzene rings is 1. The summed E-state index contributed by atoms with van der Waals surface area (Å²) in [5.41, 5.74) is 2.05. The summed E-state index contributed by atoms with van der Waals surface area (Å²) < 4.78 is 0. The molecule has 2 aliphatic heterocycles. The third-order valence-corrected chi connectivity index (χ3v) is 6.91. The lowest BCUT2D eigenvalue weighted by Gasteiger charge is -2.50. The fourth-order valence-corrected chi connectivity index (χ4v) is 5.81. The summed E-state index contributed by atoms with van der Waals surface area (Å²) >= 11 is 2.12. The van der Waals surface area contributed by atoms with Gasteiger partial charge in [0.1, 0.15) is 0 Å². The van der Waals surface area contributed by atoms with Crippen molar-refractivity contribution < 1.29 is 0 Å². The molecule has 2 nitrogen and oxygen atoms in total. The Morgan fingerprint density at radius 2 is 2.05 bits per heavy atom. The van der Waals surface area contributed by atoms with Crippen LogP contribution < -0.4 is 5.32 Å². The van der Waals surface area contributed by atoms with E-state index in [2.05, 4.69) is 46.2 Å². The number of nitrogens with zero attached hydrogens (tertiary/aromatic N) is 1. The molecule has 4 rings (SSSR count). The highest BCUT2D eigenvalue weighted by Gasteiger charge is 2.40. The van der Waals surface area contributed by atoms with Crippen LogP contribution in [0.5, 0.6) is 0 Å². The summed E-state index contributed by atoms with van der Waals surface area (Å²) in [7, 11) is 0. The van der Waals surface area contributed by atoms with Crippen molar-refractivity contribution in [2.45, 2.75) is 54.2 Å². The van der Waals surface area contributed by atoms with Crippen molar-refractivity contribution in [2.75, 3.05) is 26.2 Å². The van der Waals surface area contributed by atoms with Gasteiger partial charge in [-0.25, -0.2) is 0 Å². The summed E-state index contributed by atoms with van der Waals surface area (Å²) in [6, 6.07) is 8.99. The number of hydrogen-bond acceptors (Lipinski definition) is 3. The molecule has 21 heavy (non-hydrogen) atoms. The van der Waals surface area contributed by atoms with Gasteiger partial charge in [-0.2, -0.15) is 0 Å². The van der Waals surface area contributed by atoms with Gasteiger partial charge in [-0.05, 0) is 30.9 Å². The first-order chi connectivity index (χ1) is 10.4. The van der Waals surface area contributed by atoms with E-state index in [1.165, 1.54) is 69.6 Å². The quantitative estimate of drug-likeness (QED) is 0.902. The van der Waals surface area contributed by atoms with Crippen LogP contribution in [0, 0.1) is 0 Å². The first-order valence-corrected chi connectivity index (χ1v) is 9.44. The van der Waals surface area contributed by atoms with E-state index in [4.69, 9.17) is 0 Å². The second-order valence-corrected chi connectivity index (χ2v) is 8.30. The summed E-state index contributed by atoms with van der Waals surface area (Å²) in [6.07, 6.45) is 8.38. The van der Waals surface area contributed by atoms with Gasteiger partial charge in [0.2, 0.25) is 0 Å². The average molecular weight is 302 g/mol. The number of rotatable bonds is 2. The predicted octanol–water partition coefficient (Wildman–Crippen LogP) is 3.31. The summed E-state index contributed by atoms with van der Waals surface area (Å²) in [4.78, 5) is 4.38. The first kappa shape index (κ1) is 14.1. The Morgan fingerprint density at radius 1 is 1.19 bits per heavy atom. The van der Waals surface area contributed by atoms with Crippen molar-refractivity contribution in [1.82, 2.24) is 10.2 Å². The number of thioether (sulfide) groups is 1. The Hall–Kier alpha value is -0.510. The Labute approximate surface area is 132 Å². The minimum absolute atomic E-state index is 0.478.